The molecule has 0 spiro atoms. The van der Waals surface area contributed by atoms with E-state index < -0.39 is 0 Å². The van der Waals surface area contributed by atoms with Crippen molar-refractivity contribution in [2.75, 3.05) is 5.75 Å². The summed E-state index contributed by atoms with van der Waals surface area (Å²) >= 11 is 1.72. The normalized spacial score (nSPS) is 12.4. The summed E-state index contributed by atoms with van der Waals surface area (Å²) in [6.07, 6.45) is 0.424. The summed E-state index contributed by atoms with van der Waals surface area (Å²) in [7, 11) is 0. The van der Waals surface area contributed by atoms with Crippen LogP contribution in [0.2, 0.25) is 0 Å². The lowest BCUT2D eigenvalue weighted by Crippen LogP contribution is -2.14. The van der Waals surface area contributed by atoms with Crippen LogP contribution in [0.15, 0.2) is 47.4 Å². The lowest BCUT2D eigenvalue weighted by Gasteiger charge is -2.13. The number of aliphatic hydroxyl groups is 1. The molecular formula is C18H22OS. The van der Waals surface area contributed by atoms with Crippen LogP contribution in [-0.4, -0.2) is 17.0 Å². The molecule has 1 unspecified atom stereocenters. The van der Waals surface area contributed by atoms with Crippen molar-refractivity contribution in [2.45, 2.75) is 38.2 Å². The van der Waals surface area contributed by atoms with E-state index in [0.717, 1.165) is 12.2 Å². The third-order valence-corrected chi connectivity index (χ3v) is 4.53. The Labute approximate surface area is 126 Å². The summed E-state index contributed by atoms with van der Waals surface area (Å²) in [5.74, 6) is 0.733. The fourth-order valence-corrected chi connectivity index (χ4v) is 3.18. The molecule has 2 rings (SSSR count). The molecule has 0 saturated carbocycles. The quantitative estimate of drug-likeness (QED) is 0.827. The third kappa shape index (κ3) is 4.39. The molecule has 0 bridgehead atoms. The molecule has 0 amide bonds. The number of hydrogen-bond donors (Lipinski definition) is 1. The largest absolute Gasteiger partial charge is 0.392 e. The molecule has 0 aliphatic carbocycles. The first-order valence-corrected chi connectivity index (χ1v) is 7.97. The summed E-state index contributed by atoms with van der Waals surface area (Å²) in [5.41, 5.74) is 5.03. The lowest BCUT2D eigenvalue weighted by molar-refractivity contribution is 0.200. The highest BCUT2D eigenvalue weighted by atomic mass is 32.2. The maximum atomic E-state index is 10.2. The van der Waals surface area contributed by atoms with Crippen molar-refractivity contribution in [1.82, 2.24) is 0 Å². The van der Waals surface area contributed by atoms with Gasteiger partial charge in [-0.25, -0.2) is 0 Å². The Kier molecular flexibility index (Phi) is 5.27. The minimum absolute atomic E-state index is 0.305. The van der Waals surface area contributed by atoms with Gasteiger partial charge in [0.2, 0.25) is 0 Å². The van der Waals surface area contributed by atoms with Gasteiger partial charge in [-0.2, -0.15) is 0 Å². The van der Waals surface area contributed by atoms with Crippen LogP contribution in [0.5, 0.6) is 0 Å². The van der Waals surface area contributed by atoms with Gasteiger partial charge in [0.1, 0.15) is 0 Å². The minimum Gasteiger partial charge on any atom is -0.392 e. The molecule has 1 atom stereocenters. The molecule has 0 aliphatic heterocycles. The van der Waals surface area contributed by atoms with Gasteiger partial charge in [0.25, 0.3) is 0 Å². The molecule has 0 heterocycles. The van der Waals surface area contributed by atoms with Gasteiger partial charge in [-0.3, -0.25) is 0 Å². The maximum absolute atomic E-state index is 10.2. The molecule has 0 radical (unpaired) electrons. The molecule has 0 fully saturated rings. The van der Waals surface area contributed by atoms with Gasteiger partial charge in [0, 0.05) is 10.6 Å². The summed E-state index contributed by atoms with van der Waals surface area (Å²) < 4.78 is 0. The van der Waals surface area contributed by atoms with E-state index in [2.05, 4.69) is 63.2 Å². The van der Waals surface area contributed by atoms with E-state index in [4.69, 9.17) is 0 Å². The highest BCUT2D eigenvalue weighted by molar-refractivity contribution is 7.99. The van der Waals surface area contributed by atoms with Crippen LogP contribution in [0, 0.1) is 20.8 Å². The molecule has 0 aliphatic rings. The Morgan fingerprint density at radius 2 is 1.75 bits per heavy atom. The van der Waals surface area contributed by atoms with Crippen LogP contribution in [0.3, 0.4) is 0 Å². The van der Waals surface area contributed by atoms with E-state index in [1.807, 2.05) is 0 Å². The second-order valence-corrected chi connectivity index (χ2v) is 6.51. The number of thioether (sulfide) groups is 1. The third-order valence-electron chi connectivity index (χ3n) is 3.39. The van der Waals surface area contributed by atoms with E-state index in [1.165, 1.54) is 27.1 Å². The average Bonchev–Trinajstić information content (AvgIpc) is 2.41. The van der Waals surface area contributed by atoms with Crippen molar-refractivity contribution in [3.63, 3.8) is 0 Å². The van der Waals surface area contributed by atoms with Gasteiger partial charge in [-0.15, -0.1) is 11.8 Å². The Hall–Kier alpha value is -1.25. The van der Waals surface area contributed by atoms with Crippen LogP contribution < -0.4 is 0 Å². The van der Waals surface area contributed by atoms with Crippen LogP contribution in [0.25, 0.3) is 0 Å². The number of aryl methyl sites for hydroxylation is 3. The predicted octanol–water partition coefficient (Wildman–Crippen LogP) is 4.31. The van der Waals surface area contributed by atoms with Crippen LogP contribution >= 0.6 is 11.8 Å². The first-order chi connectivity index (χ1) is 9.54. The SMILES string of the molecule is Cc1cccc(SCC(O)Cc2cc(C)ccc2C)c1. The number of rotatable bonds is 5. The van der Waals surface area contributed by atoms with Crippen molar-refractivity contribution >= 4 is 11.8 Å². The standard InChI is InChI=1S/C18H22OS/c1-13-5-4-6-18(10-13)20-12-17(19)11-16-9-14(2)7-8-15(16)3/h4-10,17,19H,11-12H2,1-3H3. The van der Waals surface area contributed by atoms with E-state index in [0.29, 0.717) is 0 Å². The Bertz CT molecular complexity index is 577. The molecule has 1 N–H and O–H groups in total. The zero-order valence-electron chi connectivity index (χ0n) is 12.4. The van der Waals surface area contributed by atoms with E-state index >= 15 is 0 Å². The minimum atomic E-state index is -0.305. The van der Waals surface area contributed by atoms with Gasteiger partial charge in [-0.1, -0.05) is 41.5 Å². The Balaban J connectivity index is 1.92. The maximum Gasteiger partial charge on any atom is 0.0674 e. The molecule has 2 aromatic rings. The Morgan fingerprint density at radius 1 is 1.00 bits per heavy atom. The van der Waals surface area contributed by atoms with Gasteiger partial charge in [0.15, 0.2) is 0 Å². The average molecular weight is 286 g/mol. The summed E-state index contributed by atoms with van der Waals surface area (Å²) in [6, 6.07) is 14.8. The highest BCUT2D eigenvalue weighted by Crippen LogP contribution is 2.21. The zero-order chi connectivity index (χ0) is 14.5. The molecule has 2 aromatic carbocycles. The van der Waals surface area contributed by atoms with E-state index in [1.54, 1.807) is 11.8 Å². The monoisotopic (exact) mass is 286 g/mol. The van der Waals surface area contributed by atoms with Gasteiger partial charge in [-0.05, 0) is 50.5 Å². The van der Waals surface area contributed by atoms with Gasteiger partial charge in [0.05, 0.1) is 6.10 Å². The second-order valence-electron chi connectivity index (χ2n) is 5.42. The fraction of sp³-hybridized carbons (Fsp3) is 0.333. The molecule has 20 heavy (non-hydrogen) atoms. The topological polar surface area (TPSA) is 20.2 Å². The molecular weight excluding hydrogens is 264 g/mol. The molecule has 1 nitrogen and oxygen atoms in total. The van der Waals surface area contributed by atoms with E-state index in [-0.39, 0.29) is 6.10 Å². The van der Waals surface area contributed by atoms with Gasteiger partial charge >= 0.3 is 0 Å². The lowest BCUT2D eigenvalue weighted by atomic mass is 10.0. The highest BCUT2D eigenvalue weighted by Gasteiger charge is 2.09. The summed E-state index contributed by atoms with van der Waals surface area (Å²) in [6.45, 7) is 6.29. The first kappa shape index (κ1) is 15.1. The fourth-order valence-electron chi connectivity index (χ4n) is 2.23. The molecule has 0 aromatic heterocycles. The van der Waals surface area contributed by atoms with Crippen LogP contribution in [0.4, 0.5) is 0 Å². The van der Waals surface area contributed by atoms with Crippen molar-refractivity contribution in [3.05, 3.63) is 64.7 Å². The molecule has 0 saturated heterocycles. The molecule has 2 heteroatoms. The van der Waals surface area contributed by atoms with Crippen LogP contribution in [0.1, 0.15) is 22.3 Å². The molecule has 106 valence electrons. The number of benzene rings is 2. The van der Waals surface area contributed by atoms with E-state index in [9.17, 15) is 5.11 Å². The smallest absolute Gasteiger partial charge is 0.0674 e. The van der Waals surface area contributed by atoms with Crippen molar-refractivity contribution in [3.8, 4) is 0 Å². The Morgan fingerprint density at radius 3 is 2.50 bits per heavy atom. The van der Waals surface area contributed by atoms with Gasteiger partial charge < -0.3 is 5.11 Å². The predicted molar refractivity (Wildman–Crippen MR) is 87.5 cm³/mol. The number of hydrogen-bond acceptors (Lipinski definition) is 2. The second kappa shape index (κ2) is 6.96. The summed E-state index contributed by atoms with van der Waals surface area (Å²) in [4.78, 5) is 1.23. The van der Waals surface area contributed by atoms with Crippen LogP contribution in [-0.2, 0) is 6.42 Å². The summed E-state index contributed by atoms with van der Waals surface area (Å²) in [5, 5.41) is 10.2. The van der Waals surface area contributed by atoms with Crippen molar-refractivity contribution in [2.24, 2.45) is 0 Å². The zero-order valence-corrected chi connectivity index (χ0v) is 13.2. The van der Waals surface area contributed by atoms with Crippen molar-refractivity contribution < 1.29 is 5.11 Å². The number of aliphatic hydroxyl groups excluding tert-OH is 1. The van der Waals surface area contributed by atoms with Crippen molar-refractivity contribution in [1.29, 1.82) is 0 Å². The first-order valence-electron chi connectivity index (χ1n) is 6.98.